The molecule has 4 nitrogen and oxygen atoms in total. The highest BCUT2D eigenvalue weighted by atomic mass is 16.1. The number of allylic oxidation sites excluding steroid dienone is 1. The predicted octanol–water partition coefficient (Wildman–Crippen LogP) is 2.55. The zero-order valence-electron chi connectivity index (χ0n) is 9.55. The fourth-order valence-corrected chi connectivity index (χ4v) is 1.94. The van der Waals surface area contributed by atoms with Crippen LogP contribution >= 0.6 is 0 Å². The first kappa shape index (κ1) is 10.9. The van der Waals surface area contributed by atoms with Crippen molar-refractivity contribution in [2.75, 3.05) is 5.32 Å². The Morgan fingerprint density at radius 1 is 1.56 bits per heavy atom. The summed E-state index contributed by atoms with van der Waals surface area (Å²) in [6.45, 7) is 1.91. The van der Waals surface area contributed by atoms with Gasteiger partial charge in [-0.25, -0.2) is 0 Å². The first-order valence-corrected chi connectivity index (χ1v) is 5.74. The van der Waals surface area contributed by atoms with Crippen molar-refractivity contribution in [3.05, 3.63) is 23.4 Å². The maximum atomic E-state index is 11.7. The Hall–Kier alpha value is -1.58. The Kier molecular flexibility index (Phi) is 3.39. The lowest BCUT2D eigenvalue weighted by atomic mass is 9.97. The summed E-state index contributed by atoms with van der Waals surface area (Å²) in [6.07, 6.45) is 7.34. The number of aromatic amines is 1. The highest BCUT2D eigenvalue weighted by molar-refractivity contribution is 5.91. The Balaban J connectivity index is 1.86. The van der Waals surface area contributed by atoms with Gasteiger partial charge in [-0.15, -0.1) is 0 Å². The minimum atomic E-state index is 0.0275. The van der Waals surface area contributed by atoms with E-state index in [0.717, 1.165) is 18.5 Å². The van der Waals surface area contributed by atoms with Crippen LogP contribution in [-0.2, 0) is 4.79 Å². The van der Waals surface area contributed by atoms with Gasteiger partial charge in [0.1, 0.15) is 0 Å². The van der Waals surface area contributed by atoms with Crippen molar-refractivity contribution >= 4 is 11.7 Å². The van der Waals surface area contributed by atoms with Crippen LogP contribution in [0.1, 0.15) is 37.8 Å². The van der Waals surface area contributed by atoms with Crippen molar-refractivity contribution in [2.45, 2.75) is 39.0 Å². The SMILES string of the molecule is Cc1cc(NC(=O)CC2=CCCCC2)n[nH]1. The normalized spacial score (nSPS) is 15.7. The third-order valence-electron chi connectivity index (χ3n) is 2.75. The molecule has 0 saturated heterocycles. The van der Waals surface area contributed by atoms with Gasteiger partial charge in [-0.1, -0.05) is 11.6 Å². The van der Waals surface area contributed by atoms with Crippen LogP contribution in [-0.4, -0.2) is 16.1 Å². The molecule has 0 saturated carbocycles. The van der Waals surface area contributed by atoms with Crippen LogP contribution in [0.2, 0.25) is 0 Å². The third kappa shape index (κ3) is 2.95. The number of nitrogens with zero attached hydrogens (tertiary/aromatic N) is 1. The number of carbonyl (C=O) groups is 1. The highest BCUT2D eigenvalue weighted by Gasteiger charge is 2.10. The molecule has 0 aromatic carbocycles. The van der Waals surface area contributed by atoms with E-state index in [2.05, 4.69) is 21.6 Å². The summed E-state index contributed by atoms with van der Waals surface area (Å²) in [7, 11) is 0. The number of carbonyl (C=O) groups excluding carboxylic acids is 1. The quantitative estimate of drug-likeness (QED) is 0.767. The molecule has 0 radical (unpaired) electrons. The molecule has 0 bridgehead atoms. The van der Waals surface area contributed by atoms with Crippen LogP contribution in [0.25, 0.3) is 0 Å². The predicted molar refractivity (Wildman–Crippen MR) is 63.1 cm³/mol. The van der Waals surface area contributed by atoms with Crippen LogP contribution < -0.4 is 5.32 Å². The van der Waals surface area contributed by atoms with Gasteiger partial charge in [0, 0.05) is 18.2 Å². The number of hydrogen-bond donors (Lipinski definition) is 2. The molecule has 0 atom stereocenters. The molecule has 4 heteroatoms. The molecule has 0 aliphatic heterocycles. The second-order valence-corrected chi connectivity index (χ2v) is 4.27. The monoisotopic (exact) mass is 219 g/mol. The number of H-pyrrole nitrogens is 1. The molecule has 16 heavy (non-hydrogen) atoms. The number of nitrogens with one attached hydrogen (secondary N) is 2. The molecular weight excluding hydrogens is 202 g/mol. The van der Waals surface area contributed by atoms with Gasteiger partial charge in [-0.2, -0.15) is 5.10 Å². The molecule has 1 amide bonds. The third-order valence-corrected chi connectivity index (χ3v) is 2.75. The highest BCUT2D eigenvalue weighted by Crippen LogP contribution is 2.20. The minimum Gasteiger partial charge on any atom is -0.309 e. The Morgan fingerprint density at radius 2 is 2.44 bits per heavy atom. The molecule has 0 fully saturated rings. The van der Waals surface area contributed by atoms with Gasteiger partial charge in [0.25, 0.3) is 0 Å². The first-order valence-electron chi connectivity index (χ1n) is 5.74. The van der Waals surface area contributed by atoms with Gasteiger partial charge in [-0.3, -0.25) is 9.89 Å². The zero-order valence-corrected chi connectivity index (χ0v) is 9.55. The molecule has 1 aliphatic carbocycles. The van der Waals surface area contributed by atoms with Gasteiger partial charge in [-0.05, 0) is 32.6 Å². The van der Waals surface area contributed by atoms with Gasteiger partial charge < -0.3 is 5.32 Å². The lowest BCUT2D eigenvalue weighted by Crippen LogP contribution is -2.13. The summed E-state index contributed by atoms with van der Waals surface area (Å²) in [4.78, 5) is 11.7. The number of rotatable bonds is 3. The number of aromatic nitrogens is 2. The van der Waals surface area contributed by atoms with Crippen molar-refractivity contribution < 1.29 is 4.79 Å². The summed E-state index contributed by atoms with van der Waals surface area (Å²) in [5.41, 5.74) is 2.21. The fourth-order valence-electron chi connectivity index (χ4n) is 1.94. The van der Waals surface area contributed by atoms with E-state index in [0.29, 0.717) is 12.2 Å². The average Bonchev–Trinajstić information content (AvgIpc) is 2.65. The average molecular weight is 219 g/mol. The van der Waals surface area contributed by atoms with Gasteiger partial charge in [0.15, 0.2) is 5.82 Å². The first-order chi connectivity index (χ1) is 7.74. The maximum absolute atomic E-state index is 11.7. The van der Waals surface area contributed by atoms with Crippen LogP contribution in [0.4, 0.5) is 5.82 Å². The standard InChI is InChI=1S/C12H17N3O/c1-9-7-11(15-14-9)13-12(16)8-10-5-3-2-4-6-10/h5,7H,2-4,6,8H2,1H3,(H2,13,14,15,16). The minimum absolute atomic E-state index is 0.0275. The van der Waals surface area contributed by atoms with Gasteiger partial charge in [0.05, 0.1) is 0 Å². The summed E-state index contributed by atoms with van der Waals surface area (Å²) >= 11 is 0. The summed E-state index contributed by atoms with van der Waals surface area (Å²) in [5.74, 6) is 0.638. The lowest BCUT2D eigenvalue weighted by molar-refractivity contribution is -0.115. The molecule has 0 unspecified atom stereocenters. The van der Waals surface area contributed by atoms with E-state index in [1.54, 1.807) is 0 Å². The lowest BCUT2D eigenvalue weighted by Gasteiger charge is -2.11. The second kappa shape index (κ2) is 4.96. The Bertz CT molecular complexity index is 406. The summed E-state index contributed by atoms with van der Waals surface area (Å²) < 4.78 is 0. The van der Waals surface area contributed by atoms with Crippen molar-refractivity contribution in [2.24, 2.45) is 0 Å². The Morgan fingerprint density at radius 3 is 3.06 bits per heavy atom. The second-order valence-electron chi connectivity index (χ2n) is 4.27. The molecule has 1 aliphatic rings. The van der Waals surface area contributed by atoms with Crippen molar-refractivity contribution in [1.82, 2.24) is 10.2 Å². The topological polar surface area (TPSA) is 57.8 Å². The van der Waals surface area contributed by atoms with Gasteiger partial charge in [0.2, 0.25) is 5.91 Å². The van der Waals surface area contributed by atoms with E-state index in [1.807, 2.05) is 13.0 Å². The van der Waals surface area contributed by atoms with Crippen molar-refractivity contribution in [3.63, 3.8) is 0 Å². The molecule has 0 spiro atoms. The summed E-state index contributed by atoms with van der Waals surface area (Å²) in [5, 5.41) is 9.56. The molecule has 1 heterocycles. The van der Waals surface area contributed by atoms with Crippen LogP contribution in [0, 0.1) is 6.92 Å². The van der Waals surface area contributed by atoms with Crippen molar-refractivity contribution in [3.8, 4) is 0 Å². The molecule has 1 aromatic heterocycles. The fraction of sp³-hybridized carbons (Fsp3) is 0.500. The van der Waals surface area contributed by atoms with Crippen molar-refractivity contribution in [1.29, 1.82) is 0 Å². The van der Waals surface area contributed by atoms with E-state index >= 15 is 0 Å². The number of anilines is 1. The van der Waals surface area contributed by atoms with E-state index in [1.165, 1.54) is 18.4 Å². The molecule has 1 aromatic rings. The Labute approximate surface area is 95.1 Å². The zero-order chi connectivity index (χ0) is 11.4. The largest absolute Gasteiger partial charge is 0.309 e. The molecule has 2 N–H and O–H groups in total. The van der Waals surface area contributed by atoms with E-state index in [4.69, 9.17) is 0 Å². The van der Waals surface area contributed by atoms with Crippen LogP contribution in [0.5, 0.6) is 0 Å². The summed E-state index contributed by atoms with van der Waals surface area (Å²) in [6, 6.07) is 1.83. The van der Waals surface area contributed by atoms with E-state index in [-0.39, 0.29) is 5.91 Å². The van der Waals surface area contributed by atoms with Crippen LogP contribution in [0.15, 0.2) is 17.7 Å². The number of amides is 1. The number of aryl methyl sites for hydroxylation is 1. The molecular formula is C12H17N3O. The number of hydrogen-bond acceptors (Lipinski definition) is 2. The molecule has 86 valence electrons. The van der Waals surface area contributed by atoms with E-state index in [9.17, 15) is 4.79 Å². The van der Waals surface area contributed by atoms with Crippen LogP contribution in [0.3, 0.4) is 0 Å². The smallest absolute Gasteiger partial charge is 0.229 e. The molecule has 2 rings (SSSR count). The maximum Gasteiger partial charge on any atom is 0.229 e. The van der Waals surface area contributed by atoms with E-state index < -0.39 is 0 Å². The van der Waals surface area contributed by atoms with Gasteiger partial charge >= 0.3 is 0 Å².